The standard InChI is InChI=1S/C13H17N3OS/c1-10-5-2-3-7-16(10)9-12-14-13(15-17-12)11-6-4-8-18-11/h4,6,8,10H,2-3,5,7,9H2,1H3/t10-/m1/s1. The van der Waals surface area contributed by atoms with Gasteiger partial charge in [-0.25, -0.2) is 0 Å². The van der Waals surface area contributed by atoms with E-state index in [9.17, 15) is 0 Å². The lowest BCUT2D eigenvalue weighted by Gasteiger charge is -2.31. The van der Waals surface area contributed by atoms with Gasteiger partial charge in [-0.15, -0.1) is 11.3 Å². The van der Waals surface area contributed by atoms with Crippen molar-refractivity contribution in [1.29, 1.82) is 0 Å². The second-order valence-electron chi connectivity index (χ2n) is 4.80. The second kappa shape index (κ2) is 5.20. The van der Waals surface area contributed by atoms with Crippen molar-refractivity contribution >= 4 is 11.3 Å². The molecule has 1 fully saturated rings. The van der Waals surface area contributed by atoms with Crippen LogP contribution in [-0.4, -0.2) is 27.6 Å². The van der Waals surface area contributed by atoms with E-state index in [0.717, 1.165) is 23.9 Å². The van der Waals surface area contributed by atoms with Crippen LogP contribution in [0.5, 0.6) is 0 Å². The maximum absolute atomic E-state index is 5.34. The van der Waals surface area contributed by atoms with Gasteiger partial charge in [0.15, 0.2) is 0 Å². The van der Waals surface area contributed by atoms with Crippen LogP contribution in [0.1, 0.15) is 32.1 Å². The summed E-state index contributed by atoms with van der Waals surface area (Å²) >= 11 is 1.64. The minimum absolute atomic E-state index is 0.621. The van der Waals surface area contributed by atoms with Crippen LogP contribution in [0.2, 0.25) is 0 Å². The number of hydrogen-bond donors (Lipinski definition) is 0. The van der Waals surface area contributed by atoms with E-state index < -0.39 is 0 Å². The molecule has 0 radical (unpaired) electrons. The van der Waals surface area contributed by atoms with E-state index in [0.29, 0.717) is 11.9 Å². The molecule has 0 spiro atoms. The average molecular weight is 263 g/mol. The van der Waals surface area contributed by atoms with Gasteiger partial charge in [0.1, 0.15) is 0 Å². The molecule has 2 aromatic rings. The van der Waals surface area contributed by atoms with Gasteiger partial charge in [-0.1, -0.05) is 17.6 Å². The lowest BCUT2D eigenvalue weighted by atomic mass is 10.0. The Morgan fingerprint density at radius 2 is 2.44 bits per heavy atom. The summed E-state index contributed by atoms with van der Waals surface area (Å²) in [5, 5.41) is 6.07. The monoisotopic (exact) mass is 263 g/mol. The number of aromatic nitrogens is 2. The summed E-state index contributed by atoms with van der Waals surface area (Å²) < 4.78 is 5.34. The maximum Gasteiger partial charge on any atom is 0.241 e. The fraction of sp³-hybridized carbons (Fsp3) is 0.538. The van der Waals surface area contributed by atoms with Gasteiger partial charge >= 0.3 is 0 Å². The molecule has 0 aromatic carbocycles. The molecular formula is C13H17N3OS. The van der Waals surface area contributed by atoms with Gasteiger partial charge in [-0.3, -0.25) is 4.90 Å². The van der Waals surface area contributed by atoms with Crippen molar-refractivity contribution in [3.63, 3.8) is 0 Å². The third-order valence-corrected chi connectivity index (χ3v) is 4.35. The van der Waals surface area contributed by atoms with Gasteiger partial charge in [0.05, 0.1) is 11.4 Å². The highest BCUT2D eigenvalue weighted by Crippen LogP contribution is 2.23. The first-order chi connectivity index (χ1) is 8.83. The molecule has 1 saturated heterocycles. The molecule has 3 rings (SSSR count). The van der Waals surface area contributed by atoms with Gasteiger partial charge in [-0.05, 0) is 37.8 Å². The Bertz CT molecular complexity index is 494. The van der Waals surface area contributed by atoms with Crippen LogP contribution in [0.25, 0.3) is 10.7 Å². The van der Waals surface area contributed by atoms with E-state index in [2.05, 4.69) is 22.0 Å². The number of thiophene rings is 1. The molecule has 0 bridgehead atoms. The molecular weight excluding hydrogens is 246 g/mol. The van der Waals surface area contributed by atoms with Crippen molar-refractivity contribution in [2.45, 2.75) is 38.8 Å². The third kappa shape index (κ3) is 2.47. The third-order valence-electron chi connectivity index (χ3n) is 3.49. The summed E-state index contributed by atoms with van der Waals surface area (Å²) in [7, 11) is 0. The van der Waals surface area contributed by atoms with E-state index in [4.69, 9.17) is 4.52 Å². The zero-order valence-electron chi connectivity index (χ0n) is 10.5. The van der Waals surface area contributed by atoms with Crippen molar-refractivity contribution in [2.24, 2.45) is 0 Å². The summed E-state index contributed by atoms with van der Waals surface area (Å²) in [6.07, 6.45) is 3.88. The zero-order valence-corrected chi connectivity index (χ0v) is 11.3. The zero-order chi connectivity index (χ0) is 12.4. The Hall–Kier alpha value is -1.20. The Balaban J connectivity index is 1.70. The molecule has 1 aliphatic rings. The van der Waals surface area contributed by atoms with Crippen LogP contribution in [0, 0.1) is 0 Å². The van der Waals surface area contributed by atoms with Crippen molar-refractivity contribution < 1.29 is 4.52 Å². The number of hydrogen-bond acceptors (Lipinski definition) is 5. The predicted molar refractivity (Wildman–Crippen MR) is 71.3 cm³/mol. The lowest BCUT2D eigenvalue weighted by Crippen LogP contribution is -2.36. The average Bonchev–Trinajstić information content (AvgIpc) is 3.02. The van der Waals surface area contributed by atoms with Crippen LogP contribution < -0.4 is 0 Å². The molecule has 18 heavy (non-hydrogen) atoms. The summed E-state index contributed by atoms with van der Waals surface area (Å²) in [6.45, 7) is 4.19. The van der Waals surface area contributed by atoms with Gasteiger partial charge in [0.2, 0.25) is 11.7 Å². The smallest absolute Gasteiger partial charge is 0.241 e. The van der Waals surface area contributed by atoms with Crippen molar-refractivity contribution in [1.82, 2.24) is 15.0 Å². The van der Waals surface area contributed by atoms with Crippen LogP contribution in [0.4, 0.5) is 0 Å². The summed E-state index contributed by atoms with van der Waals surface area (Å²) in [5.41, 5.74) is 0. The molecule has 1 aliphatic heterocycles. The van der Waals surface area contributed by atoms with Gasteiger partial charge in [0.25, 0.3) is 0 Å². The fourth-order valence-electron chi connectivity index (χ4n) is 2.39. The Kier molecular flexibility index (Phi) is 3.43. The molecule has 2 aromatic heterocycles. The minimum Gasteiger partial charge on any atom is -0.338 e. The molecule has 5 heteroatoms. The highest BCUT2D eigenvalue weighted by molar-refractivity contribution is 7.13. The van der Waals surface area contributed by atoms with Crippen molar-refractivity contribution in [2.75, 3.05) is 6.54 Å². The SMILES string of the molecule is C[C@@H]1CCCCN1Cc1nc(-c2cccs2)no1. The Labute approximate surface area is 111 Å². The van der Waals surface area contributed by atoms with Crippen molar-refractivity contribution in [3.8, 4) is 10.7 Å². The lowest BCUT2D eigenvalue weighted by molar-refractivity contribution is 0.135. The number of likely N-dealkylation sites (tertiary alicyclic amines) is 1. The molecule has 0 unspecified atom stereocenters. The molecule has 0 saturated carbocycles. The quantitative estimate of drug-likeness (QED) is 0.853. The first-order valence-electron chi connectivity index (χ1n) is 6.43. The first-order valence-corrected chi connectivity index (χ1v) is 7.31. The first kappa shape index (κ1) is 11.9. The normalized spacial score (nSPS) is 21.3. The molecule has 1 atom stereocenters. The Morgan fingerprint density at radius 1 is 1.50 bits per heavy atom. The topological polar surface area (TPSA) is 42.2 Å². The van der Waals surface area contributed by atoms with Gasteiger partial charge in [-0.2, -0.15) is 4.98 Å². The van der Waals surface area contributed by atoms with Gasteiger partial charge in [0, 0.05) is 6.04 Å². The molecule has 4 nitrogen and oxygen atoms in total. The molecule has 0 aliphatic carbocycles. The van der Waals surface area contributed by atoms with E-state index in [1.54, 1.807) is 11.3 Å². The maximum atomic E-state index is 5.34. The van der Waals surface area contributed by atoms with E-state index in [-0.39, 0.29) is 0 Å². The molecule has 0 amide bonds. The van der Waals surface area contributed by atoms with Crippen LogP contribution in [0.15, 0.2) is 22.0 Å². The van der Waals surface area contributed by atoms with Gasteiger partial charge < -0.3 is 4.52 Å². The number of piperidine rings is 1. The second-order valence-corrected chi connectivity index (χ2v) is 5.75. The van der Waals surface area contributed by atoms with Crippen molar-refractivity contribution in [3.05, 3.63) is 23.4 Å². The van der Waals surface area contributed by atoms with Crippen LogP contribution in [0.3, 0.4) is 0 Å². The van der Waals surface area contributed by atoms with E-state index >= 15 is 0 Å². The molecule has 0 N–H and O–H groups in total. The molecule has 3 heterocycles. The highest BCUT2D eigenvalue weighted by Gasteiger charge is 2.20. The minimum atomic E-state index is 0.621. The van der Waals surface area contributed by atoms with Crippen LogP contribution in [-0.2, 0) is 6.54 Å². The predicted octanol–water partition coefficient (Wildman–Crippen LogP) is 3.17. The summed E-state index contributed by atoms with van der Waals surface area (Å²) in [5.74, 6) is 1.44. The van der Waals surface area contributed by atoms with Crippen LogP contribution >= 0.6 is 11.3 Å². The highest BCUT2D eigenvalue weighted by atomic mass is 32.1. The number of rotatable bonds is 3. The number of nitrogens with zero attached hydrogens (tertiary/aromatic N) is 3. The van der Waals surface area contributed by atoms with E-state index in [1.165, 1.54) is 19.3 Å². The summed E-state index contributed by atoms with van der Waals surface area (Å²) in [4.78, 5) is 7.96. The molecule has 96 valence electrons. The summed E-state index contributed by atoms with van der Waals surface area (Å²) in [6, 6.07) is 4.64. The Morgan fingerprint density at radius 3 is 3.22 bits per heavy atom. The fourth-order valence-corrected chi connectivity index (χ4v) is 3.04. The van der Waals surface area contributed by atoms with E-state index in [1.807, 2.05) is 17.5 Å². The largest absolute Gasteiger partial charge is 0.338 e.